The van der Waals surface area contributed by atoms with Crippen molar-refractivity contribution in [3.63, 3.8) is 0 Å². The summed E-state index contributed by atoms with van der Waals surface area (Å²) in [7, 11) is 1.63. The summed E-state index contributed by atoms with van der Waals surface area (Å²) in [5.41, 5.74) is 0.417. The predicted octanol–water partition coefficient (Wildman–Crippen LogP) is 1.03. The van der Waals surface area contributed by atoms with Crippen LogP contribution in [0.1, 0.15) is 0 Å². The number of aromatic amines is 1. The van der Waals surface area contributed by atoms with Crippen molar-refractivity contribution in [3.05, 3.63) is 63.3 Å². The van der Waals surface area contributed by atoms with E-state index in [-0.39, 0.29) is 12.5 Å². The van der Waals surface area contributed by atoms with Gasteiger partial charge in [-0.2, -0.15) is 0 Å². The largest absolute Gasteiger partial charge is 0.482 e. The van der Waals surface area contributed by atoms with E-state index in [1.807, 2.05) is 0 Å². The predicted molar refractivity (Wildman–Crippen MR) is 89.1 cm³/mol. The van der Waals surface area contributed by atoms with Crippen molar-refractivity contribution in [3.8, 4) is 11.4 Å². The summed E-state index contributed by atoms with van der Waals surface area (Å²) >= 11 is 0. The number of likely N-dealkylation sites (N-methyl/N-ethyl adjacent to an activating group) is 1. The average molecular weight is 323 g/mol. The summed E-state index contributed by atoms with van der Waals surface area (Å²) in [5.74, 6) is 0.338. The average Bonchev–Trinajstić information content (AvgIpc) is 2.58. The fourth-order valence-electron chi connectivity index (χ4n) is 2.80. The molecule has 1 aromatic heterocycles. The molecule has 1 aliphatic rings. The molecule has 0 spiro atoms. The van der Waals surface area contributed by atoms with Gasteiger partial charge in [-0.15, -0.1) is 0 Å². The molecule has 2 heterocycles. The summed E-state index contributed by atoms with van der Waals surface area (Å²) in [6, 6.07) is 11.7. The van der Waals surface area contributed by atoms with Gasteiger partial charge in [0.2, 0.25) is 0 Å². The first-order chi connectivity index (χ1) is 11.6. The monoisotopic (exact) mass is 323 g/mol. The van der Waals surface area contributed by atoms with E-state index in [1.165, 1.54) is 4.90 Å². The highest BCUT2D eigenvalue weighted by Gasteiger charge is 2.23. The Balaban J connectivity index is 1.98. The number of anilines is 1. The van der Waals surface area contributed by atoms with Crippen LogP contribution in [0, 0.1) is 0 Å². The van der Waals surface area contributed by atoms with Gasteiger partial charge in [0.05, 0.1) is 22.3 Å². The number of carbonyl (C=O) groups excluding carboxylic acids is 1. The van der Waals surface area contributed by atoms with Crippen LogP contribution >= 0.6 is 0 Å². The lowest BCUT2D eigenvalue weighted by Gasteiger charge is -2.26. The van der Waals surface area contributed by atoms with Crippen LogP contribution < -0.4 is 20.9 Å². The van der Waals surface area contributed by atoms with Crippen molar-refractivity contribution in [1.82, 2.24) is 9.55 Å². The molecule has 0 bridgehead atoms. The Kier molecular flexibility index (Phi) is 3.02. The molecule has 1 aliphatic heterocycles. The number of benzene rings is 2. The molecule has 4 rings (SSSR count). The number of H-pyrrole nitrogens is 1. The lowest BCUT2D eigenvalue weighted by molar-refractivity contribution is -0.120. The number of carbonyl (C=O) groups is 1. The van der Waals surface area contributed by atoms with Gasteiger partial charge in [0.15, 0.2) is 6.61 Å². The molecule has 0 unspecified atom stereocenters. The number of rotatable bonds is 1. The van der Waals surface area contributed by atoms with E-state index in [0.717, 1.165) is 4.57 Å². The van der Waals surface area contributed by atoms with Crippen LogP contribution in [0.15, 0.2) is 52.1 Å². The molecule has 1 N–H and O–H groups in total. The third-order valence-corrected chi connectivity index (χ3v) is 4.09. The standard InChI is InChI=1S/C17H13N3O4/c1-19-13-8-10(6-7-14(13)24-9-15(19)21)20-16(22)11-4-2-3-5-12(11)18-17(20)23/h2-8H,9H2,1H3,(H,18,23). The van der Waals surface area contributed by atoms with E-state index in [2.05, 4.69) is 4.98 Å². The Morgan fingerprint density at radius 2 is 1.88 bits per heavy atom. The van der Waals surface area contributed by atoms with E-state index >= 15 is 0 Å². The highest BCUT2D eigenvalue weighted by atomic mass is 16.5. The molecule has 7 heteroatoms. The van der Waals surface area contributed by atoms with Crippen LogP contribution in [0.5, 0.6) is 5.75 Å². The third-order valence-electron chi connectivity index (χ3n) is 4.09. The maximum absolute atomic E-state index is 12.7. The van der Waals surface area contributed by atoms with Gasteiger partial charge in [-0.05, 0) is 30.3 Å². The quantitative estimate of drug-likeness (QED) is 0.725. The van der Waals surface area contributed by atoms with Crippen molar-refractivity contribution < 1.29 is 9.53 Å². The number of para-hydroxylation sites is 1. The maximum atomic E-state index is 12.7. The number of nitrogens with zero attached hydrogens (tertiary/aromatic N) is 2. The van der Waals surface area contributed by atoms with Gasteiger partial charge >= 0.3 is 5.69 Å². The molecule has 0 aliphatic carbocycles. The van der Waals surface area contributed by atoms with E-state index in [0.29, 0.717) is 28.0 Å². The highest BCUT2D eigenvalue weighted by Crippen LogP contribution is 2.32. The second-order valence-electron chi connectivity index (χ2n) is 5.51. The molecule has 0 saturated carbocycles. The fraction of sp³-hybridized carbons (Fsp3) is 0.118. The van der Waals surface area contributed by atoms with E-state index in [1.54, 1.807) is 49.5 Å². The number of aromatic nitrogens is 2. The highest BCUT2D eigenvalue weighted by molar-refractivity contribution is 5.97. The minimum atomic E-state index is -0.538. The smallest absolute Gasteiger partial charge is 0.333 e. The van der Waals surface area contributed by atoms with Crippen LogP contribution in [0.4, 0.5) is 5.69 Å². The number of amides is 1. The van der Waals surface area contributed by atoms with Crippen molar-refractivity contribution in [1.29, 1.82) is 0 Å². The maximum Gasteiger partial charge on any atom is 0.333 e. The summed E-state index contributed by atoms with van der Waals surface area (Å²) in [4.78, 5) is 41.0. The fourth-order valence-corrected chi connectivity index (χ4v) is 2.80. The van der Waals surface area contributed by atoms with Gasteiger partial charge in [-0.25, -0.2) is 9.36 Å². The molecule has 2 aromatic carbocycles. The Morgan fingerprint density at radius 3 is 2.71 bits per heavy atom. The first-order valence-electron chi connectivity index (χ1n) is 7.34. The Bertz CT molecular complexity index is 1100. The Hall–Kier alpha value is -3.35. The molecule has 3 aromatic rings. The van der Waals surface area contributed by atoms with Crippen LogP contribution in [0.25, 0.3) is 16.6 Å². The molecule has 7 nitrogen and oxygen atoms in total. The number of hydrogen-bond donors (Lipinski definition) is 1. The second kappa shape index (κ2) is 5.09. The topological polar surface area (TPSA) is 84.4 Å². The van der Waals surface area contributed by atoms with Crippen LogP contribution in [0.2, 0.25) is 0 Å². The molecule has 0 radical (unpaired) electrons. The van der Waals surface area contributed by atoms with Crippen molar-refractivity contribution in [2.24, 2.45) is 0 Å². The molecule has 1 amide bonds. The van der Waals surface area contributed by atoms with Crippen molar-refractivity contribution >= 4 is 22.5 Å². The second-order valence-corrected chi connectivity index (χ2v) is 5.51. The molecule has 0 atom stereocenters. The van der Waals surface area contributed by atoms with E-state index < -0.39 is 11.2 Å². The SMILES string of the molecule is CN1C(=O)COc2ccc(-n3c(=O)[nH]c4ccccc4c3=O)cc21. The number of nitrogens with one attached hydrogen (secondary N) is 1. The minimum Gasteiger partial charge on any atom is -0.482 e. The summed E-state index contributed by atoms with van der Waals surface area (Å²) in [6.45, 7) is -0.0284. The van der Waals surface area contributed by atoms with Crippen LogP contribution in [0.3, 0.4) is 0 Å². The molecular weight excluding hydrogens is 310 g/mol. The zero-order chi connectivity index (χ0) is 16.8. The van der Waals surface area contributed by atoms with Gasteiger partial charge in [0.25, 0.3) is 11.5 Å². The Labute approximate surface area is 135 Å². The van der Waals surface area contributed by atoms with Gasteiger partial charge < -0.3 is 14.6 Å². The normalized spacial score (nSPS) is 13.7. The van der Waals surface area contributed by atoms with E-state index in [9.17, 15) is 14.4 Å². The zero-order valence-corrected chi connectivity index (χ0v) is 12.8. The molecular formula is C17H13N3O4. The first kappa shape index (κ1) is 14.3. The summed E-state index contributed by atoms with van der Waals surface area (Å²) in [6.07, 6.45) is 0. The third kappa shape index (κ3) is 2.02. The molecule has 0 fully saturated rings. The summed E-state index contributed by atoms with van der Waals surface area (Å²) in [5, 5.41) is 0.413. The lowest BCUT2D eigenvalue weighted by atomic mass is 10.2. The molecule has 24 heavy (non-hydrogen) atoms. The number of fused-ring (bicyclic) bond motifs is 2. The van der Waals surface area contributed by atoms with Gasteiger partial charge in [0.1, 0.15) is 5.75 Å². The number of hydrogen-bond acceptors (Lipinski definition) is 4. The number of ether oxygens (including phenoxy) is 1. The lowest BCUT2D eigenvalue weighted by Crippen LogP contribution is -2.36. The molecule has 0 saturated heterocycles. The zero-order valence-electron chi connectivity index (χ0n) is 12.8. The molecule has 120 valence electrons. The first-order valence-corrected chi connectivity index (χ1v) is 7.34. The van der Waals surface area contributed by atoms with Gasteiger partial charge in [-0.1, -0.05) is 12.1 Å². The van der Waals surface area contributed by atoms with Crippen molar-refractivity contribution in [2.75, 3.05) is 18.6 Å². The Morgan fingerprint density at radius 1 is 1.08 bits per heavy atom. The van der Waals surface area contributed by atoms with Gasteiger partial charge in [-0.3, -0.25) is 9.59 Å². The van der Waals surface area contributed by atoms with E-state index in [4.69, 9.17) is 4.74 Å². The minimum absolute atomic E-state index is 0.0284. The van der Waals surface area contributed by atoms with Crippen LogP contribution in [-0.2, 0) is 4.79 Å². The van der Waals surface area contributed by atoms with Crippen molar-refractivity contribution in [2.45, 2.75) is 0 Å². The van der Waals surface area contributed by atoms with Gasteiger partial charge in [0, 0.05) is 7.05 Å². The summed E-state index contributed by atoms with van der Waals surface area (Å²) < 4.78 is 6.41. The van der Waals surface area contributed by atoms with Crippen LogP contribution in [-0.4, -0.2) is 29.1 Å².